The van der Waals surface area contributed by atoms with E-state index in [0.717, 1.165) is 0 Å². The van der Waals surface area contributed by atoms with Crippen LogP contribution in [0.25, 0.3) is 11.6 Å². The van der Waals surface area contributed by atoms with E-state index in [0.29, 0.717) is 12.2 Å². The first kappa shape index (κ1) is 19.2. The fraction of sp³-hybridized carbons (Fsp3) is 0.462. The molecule has 6 nitrogen and oxygen atoms in total. The minimum atomic E-state index is -4.44. The molecular weight excluding hydrogens is 337 g/mol. The Labute approximate surface area is 136 Å². The van der Waals surface area contributed by atoms with Crippen LogP contribution < -0.4 is 10.1 Å². The molecule has 23 heavy (non-hydrogen) atoms. The molecule has 0 aliphatic rings. The van der Waals surface area contributed by atoms with Crippen molar-refractivity contribution in [3.05, 3.63) is 24.2 Å². The summed E-state index contributed by atoms with van der Waals surface area (Å²) in [6.45, 7) is 0.526. The van der Waals surface area contributed by atoms with Crippen molar-refractivity contribution in [3.8, 4) is 17.3 Å². The maximum absolute atomic E-state index is 12.3. The number of aromatic nitrogens is 3. The fourth-order valence-electron chi connectivity index (χ4n) is 1.64. The maximum atomic E-state index is 12.3. The summed E-state index contributed by atoms with van der Waals surface area (Å²) in [7, 11) is 1.80. The first-order valence-corrected chi connectivity index (χ1v) is 6.54. The van der Waals surface area contributed by atoms with E-state index < -0.39 is 12.8 Å². The normalized spacial score (nSPS) is 12.6. The molecule has 0 spiro atoms. The van der Waals surface area contributed by atoms with Crippen LogP contribution in [0.4, 0.5) is 13.2 Å². The third kappa shape index (κ3) is 5.68. The first-order valence-electron chi connectivity index (χ1n) is 6.54. The molecule has 0 aromatic carbocycles. The lowest BCUT2D eigenvalue weighted by Crippen LogP contribution is -2.24. The van der Waals surface area contributed by atoms with Crippen LogP contribution in [0.1, 0.15) is 12.7 Å². The zero-order valence-electron chi connectivity index (χ0n) is 12.4. The smallest absolute Gasteiger partial charge is 0.422 e. The Morgan fingerprint density at radius 1 is 1.39 bits per heavy atom. The van der Waals surface area contributed by atoms with Crippen LogP contribution in [0.3, 0.4) is 0 Å². The molecule has 0 aliphatic heterocycles. The van der Waals surface area contributed by atoms with E-state index in [4.69, 9.17) is 9.26 Å². The van der Waals surface area contributed by atoms with Crippen molar-refractivity contribution in [1.82, 2.24) is 20.4 Å². The maximum Gasteiger partial charge on any atom is 0.422 e. The standard InChI is InChI=1S/C13H15F3N4O2.ClH/c1-8(17-2)6-10-19-12(22-20-10)11-9(4-3-5-18-11)21-7-13(14,15)16;/h3-5,8,17H,6-7H2,1-2H3;1H. The molecule has 0 radical (unpaired) electrons. The van der Waals surface area contributed by atoms with Crippen LogP contribution in [0, 0.1) is 0 Å². The predicted molar refractivity (Wildman–Crippen MR) is 78.6 cm³/mol. The summed E-state index contributed by atoms with van der Waals surface area (Å²) in [5.74, 6) is 0.400. The number of ether oxygens (including phenoxy) is 1. The van der Waals surface area contributed by atoms with Gasteiger partial charge in [0.1, 0.15) is 0 Å². The van der Waals surface area contributed by atoms with Gasteiger partial charge in [0.25, 0.3) is 5.89 Å². The fourth-order valence-corrected chi connectivity index (χ4v) is 1.64. The molecule has 1 unspecified atom stereocenters. The van der Waals surface area contributed by atoms with Crippen molar-refractivity contribution in [3.63, 3.8) is 0 Å². The summed E-state index contributed by atoms with van der Waals surface area (Å²) >= 11 is 0. The van der Waals surface area contributed by atoms with Gasteiger partial charge in [0.2, 0.25) is 0 Å². The zero-order valence-corrected chi connectivity index (χ0v) is 13.2. The van der Waals surface area contributed by atoms with Gasteiger partial charge in [-0.15, -0.1) is 12.4 Å². The van der Waals surface area contributed by atoms with Crippen LogP contribution in [-0.4, -0.2) is 41.0 Å². The molecule has 0 saturated carbocycles. The number of alkyl halides is 3. The largest absolute Gasteiger partial charge is 0.482 e. The number of nitrogens with one attached hydrogen (secondary N) is 1. The Kier molecular flexibility index (Phi) is 6.77. The lowest BCUT2D eigenvalue weighted by molar-refractivity contribution is -0.153. The lowest BCUT2D eigenvalue weighted by atomic mass is 10.2. The second-order valence-electron chi connectivity index (χ2n) is 4.66. The summed E-state index contributed by atoms with van der Waals surface area (Å²) in [4.78, 5) is 8.09. The number of hydrogen-bond acceptors (Lipinski definition) is 6. The Morgan fingerprint density at radius 2 is 2.13 bits per heavy atom. The molecule has 0 amide bonds. The van der Waals surface area contributed by atoms with Gasteiger partial charge in [-0.25, -0.2) is 4.98 Å². The molecule has 2 heterocycles. The van der Waals surface area contributed by atoms with E-state index >= 15 is 0 Å². The van der Waals surface area contributed by atoms with Gasteiger partial charge in [-0.05, 0) is 26.1 Å². The highest BCUT2D eigenvalue weighted by atomic mass is 35.5. The molecule has 2 rings (SSSR count). The Bertz CT molecular complexity index is 621. The van der Waals surface area contributed by atoms with Crippen molar-refractivity contribution in [2.45, 2.75) is 25.6 Å². The van der Waals surface area contributed by atoms with Crippen LogP contribution >= 0.6 is 12.4 Å². The zero-order chi connectivity index (χ0) is 16.2. The molecule has 0 bridgehead atoms. The van der Waals surface area contributed by atoms with Gasteiger partial charge < -0.3 is 14.6 Å². The van der Waals surface area contributed by atoms with E-state index in [1.165, 1.54) is 18.3 Å². The van der Waals surface area contributed by atoms with Crippen molar-refractivity contribution in [1.29, 1.82) is 0 Å². The molecule has 0 fully saturated rings. The monoisotopic (exact) mass is 352 g/mol. The Morgan fingerprint density at radius 3 is 2.78 bits per heavy atom. The predicted octanol–water partition coefficient (Wildman–Crippen LogP) is 2.64. The minimum absolute atomic E-state index is 0. The molecular formula is C13H16ClF3N4O2. The van der Waals surface area contributed by atoms with Gasteiger partial charge in [-0.2, -0.15) is 18.2 Å². The van der Waals surface area contributed by atoms with Crippen LogP contribution in [0.2, 0.25) is 0 Å². The SMILES string of the molecule is CNC(C)Cc1noc(-c2ncccc2OCC(F)(F)F)n1.Cl. The van der Waals surface area contributed by atoms with Gasteiger partial charge >= 0.3 is 6.18 Å². The van der Waals surface area contributed by atoms with Gasteiger partial charge in [-0.1, -0.05) is 5.16 Å². The topological polar surface area (TPSA) is 73.1 Å². The van der Waals surface area contributed by atoms with Crippen LogP contribution in [0.15, 0.2) is 22.9 Å². The molecule has 2 aromatic rings. The minimum Gasteiger partial charge on any atom is -0.482 e. The second kappa shape index (κ2) is 8.11. The highest BCUT2D eigenvalue weighted by Gasteiger charge is 2.29. The molecule has 2 aromatic heterocycles. The summed E-state index contributed by atoms with van der Waals surface area (Å²) < 4.78 is 46.6. The highest BCUT2D eigenvalue weighted by molar-refractivity contribution is 5.85. The molecule has 0 saturated heterocycles. The molecule has 1 atom stereocenters. The molecule has 10 heteroatoms. The summed E-state index contributed by atoms with van der Waals surface area (Å²) in [6.07, 6.45) is -2.50. The van der Waals surface area contributed by atoms with Crippen LogP contribution in [-0.2, 0) is 6.42 Å². The lowest BCUT2D eigenvalue weighted by Gasteiger charge is -2.10. The van der Waals surface area contributed by atoms with Crippen molar-refractivity contribution in [2.24, 2.45) is 0 Å². The third-order valence-electron chi connectivity index (χ3n) is 2.81. The van der Waals surface area contributed by atoms with E-state index in [1.807, 2.05) is 6.92 Å². The number of hydrogen-bond donors (Lipinski definition) is 1. The Balaban J connectivity index is 0.00000264. The molecule has 0 aliphatic carbocycles. The van der Waals surface area contributed by atoms with Gasteiger partial charge in [-0.3, -0.25) is 0 Å². The quantitative estimate of drug-likeness (QED) is 0.861. The van der Waals surface area contributed by atoms with Crippen molar-refractivity contribution in [2.75, 3.05) is 13.7 Å². The van der Waals surface area contributed by atoms with Crippen molar-refractivity contribution >= 4 is 12.4 Å². The summed E-state index contributed by atoms with van der Waals surface area (Å²) in [6, 6.07) is 2.97. The number of halogens is 4. The van der Waals surface area contributed by atoms with E-state index in [1.54, 1.807) is 7.05 Å². The number of nitrogens with zero attached hydrogens (tertiary/aromatic N) is 3. The summed E-state index contributed by atoms with van der Waals surface area (Å²) in [5.41, 5.74) is 0.0858. The van der Waals surface area contributed by atoms with Gasteiger partial charge in [0.15, 0.2) is 23.9 Å². The number of likely N-dealkylation sites (N-methyl/N-ethyl adjacent to an activating group) is 1. The highest BCUT2D eigenvalue weighted by Crippen LogP contribution is 2.27. The van der Waals surface area contributed by atoms with E-state index in [2.05, 4.69) is 20.4 Å². The second-order valence-corrected chi connectivity index (χ2v) is 4.66. The first-order chi connectivity index (χ1) is 10.4. The summed E-state index contributed by atoms with van der Waals surface area (Å²) in [5, 5.41) is 6.81. The average Bonchev–Trinajstić information content (AvgIpc) is 2.93. The van der Waals surface area contributed by atoms with Gasteiger partial charge in [0, 0.05) is 18.7 Å². The Hall–Kier alpha value is -1.87. The molecule has 1 N–H and O–H groups in total. The molecule has 128 valence electrons. The van der Waals surface area contributed by atoms with Crippen LogP contribution in [0.5, 0.6) is 5.75 Å². The van der Waals surface area contributed by atoms with E-state index in [9.17, 15) is 13.2 Å². The average molecular weight is 353 g/mol. The van der Waals surface area contributed by atoms with E-state index in [-0.39, 0.29) is 35.8 Å². The number of rotatable bonds is 6. The van der Waals surface area contributed by atoms with Crippen molar-refractivity contribution < 1.29 is 22.4 Å². The third-order valence-corrected chi connectivity index (χ3v) is 2.81. The number of pyridine rings is 1. The van der Waals surface area contributed by atoms with Gasteiger partial charge in [0.05, 0.1) is 0 Å².